The Balaban J connectivity index is 1.48. The molecule has 1 nitrogen and oxygen atoms in total. The van der Waals surface area contributed by atoms with Crippen LogP contribution in [0.2, 0.25) is 0 Å². The van der Waals surface area contributed by atoms with Crippen molar-refractivity contribution in [2.45, 2.75) is 0 Å². The first-order valence-electron chi connectivity index (χ1n) is 12.9. The Morgan fingerprint density at radius 3 is 1.61 bits per heavy atom. The maximum absolute atomic E-state index is 2.40. The van der Waals surface area contributed by atoms with Gasteiger partial charge in [-0.25, -0.2) is 0 Å². The van der Waals surface area contributed by atoms with Crippen LogP contribution in [-0.4, -0.2) is 0 Å². The third-order valence-electron chi connectivity index (χ3n) is 7.05. The maximum atomic E-state index is 2.40. The van der Waals surface area contributed by atoms with Gasteiger partial charge in [0.25, 0.3) is 0 Å². The summed E-state index contributed by atoms with van der Waals surface area (Å²) < 4.78 is 2.60. The van der Waals surface area contributed by atoms with E-state index in [2.05, 4.69) is 157 Å². The largest absolute Gasteiger partial charge is 0.309 e. The van der Waals surface area contributed by atoms with Crippen molar-refractivity contribution in [3.05, 3.63) is 152 Å². The average molecular weight is 504 g/mol. The molecule has 0 unspecified atom stereocenters. The highest BCUT2D eigenvalue weighted by molar-refractivity contribution is 7.26. The minimum absolute atomic E-state index is 1.14. The molecule has 0 fully saturated rings. The molecule has 1 aromatic heterocycles. The molecule has 0 spiro atoms. The summed E-state index contributed by atoms with van der Waals surface area (Å²) in [7, 11) is 0. The van der Waals surface area contributed by atoms with Crippen LogP contribution in [0.1, 0.15) is 0 Å². The molecule has 0 bridgehead atoms. The predicted octanol–water partition coefficient (Wildman–Crippen LogP) is 10.9. The first-order chi connectivity index (χ1) is 18.8. The van der Waals surface area contributed by atoms with Crippen molar-refractivity contribution in [2.75, 3.05) is 4.90 Å². The van der Waals surface area contributed by atoms with Crippen molar-refractivity contribution in [2.24, 2.45) is 0 Å². The molecule has 7 aromatic rings. The molecule has 0 aliphatic heterocycles. The third-order valence-corrected chi connectivity index (χ3v) is 8.26. The van der Waals surface area contributed by atoms with Crippen molar-refractivity contribution < 1.29 is 0 Å². The predicted molar refractivity (Wildman–Crippen MR) is 165 cm³/mol. The summed E-state index contributed by atoms with van der Waals surface area (Å²) >= 11 is 1.87. The standard InChI is InChI=1S/C36H25NS/c1-4-12-26(13-5-1)28-20-22-31(23-21-28)37(30-16-8-3-9-17-30)34-25-29(27-14-6-2-7-15-27)24-33-32-18-10-11-19-35(32)38-36(33)34/h1-25H. The van der Waals surface area contributed by atoms with Crippen LogP contribution in [0.5, 0.6) is 0 Å². The Morgan fingerprint density at radius 2 is 0.921 bits per heavy atom. The van der Waals surface area contributed by atoms with Crippen LogP contribution in [0.15, 0.2) is 152 Å². The number of anilines is 3. The molecule has 0 N–H and O–H groups in total. The highest BCUT2D eigenvalue weighted by atomic mass is 32.1. The van der Waals surface area contributed by atoms with E-state index in [9.17, 15) is 0 Å². The SMILES string of the molecule is c1ccc(-c2ccc(N(c3ccccc3)c3cc(-c4ccccc4)cc4c3sc3ccccc34)cc2)cc1. The summed E-state index contributed by atoms with van der Waals surface area (Å²) in [5.41, 5.74) is 8.36. The van der Waals surface area contributed by atoms with Gasteiger partial charge >= 0.3 is 0 Å². The Labute approximate surface area is 226 Å². The molecule has 0 atom stereocenters. The number of thiophene rings is 1. The molecule has 1 heterocycles. The molecule has 0 saturated heterocycles. The van der Waals surface area contributed by atoms with Crippen molar-refractivity contribution in [3.8, 4) is 22.3 Å². The summed E-state index contributed by atoms with van der Waals surface area (Å²) in [6.07, 6.45) is 0. The van der Waals surface area contributed by atoms with E-state index in [0.717, 1.165) is 11.4 Å². The smallest absolute Gasteiger partial charge is 0.0646 e. The zero-order valence-corrected chi connectivity index (χ0v) is 21.6. The van der Waals surface area contributed by atoms with Crippen LogP contribution in [0.3, 0.4) is 0 Å². The zero-order chi connectivity index (χ0) is 25.3. The van der Waals surface area contributed by atoms with Gasteiger partial charge in [0, 0.05) is 26.8 Å². The molecule has 7 rings (SSSR count). The first kappa shape index (κ1) is 22.5. The highest BCUT2D eigenvalue weighted by Crippen LogP contribution is 2.47. The Kier molecular flexibility index (Phi) is 5.73. The first-order valence-corrected chi connectivity index (χ1v) is 13.7. The van der Waals surface area contributed by atoms with Gasteiger partial charge in [-0.05, 0) is 64.7 Å². The summed E-state index contributed by atoms with van der Waals surface area (Å²) in [6.45, 7) is 0. The molecule has 0 aliphatic carbocycles. The van der Waals surface area contributed by atoms with Crippen LogP contribution < -0.4 is 4.90 Å². The van der Waals surface area contributed by atoms with E-state index in [4.69, 9.17) is 0 Å². The minimum Gasteiger partial charge on any atom is -0.309 e. The lowest BCUT2D eigenvalue weighted by molar-refractivity contribution is 1.30. The molecule has 6 aromatic carbocycles. The molecule has 0 aliphatic rings. The number of benzene rings is 6. The fourth-order valence-electron chi connectivity index (χ4n) is 5.21. The van der Waals surface area contributed by atoms with Gasteiger partial charge in [-0.3, -0.25) is 0 Å². The Bertz CT molecular complexity index is 1840. The number of nitrogens with zero attached hydrogens (tertiary/aromatic N) is 1. The lowest BCUT2D eigenvalue weighted by Gasteiger charge is -2.27. The van der Waals surface area contributed by atoms with E-state index >= 15 is 0 Å². The van der Waals surface area contributed by atoms with E-state index in [-0.39, 0.29) is 0 Å². The maximum Gasteiger partial charge on any atom is 0.0646 e. The quantitative estimate of drug-likeness (QED) is 0.226. The average Bonchev–Trinajstić information content (AvgIpc) is 3.38. The molecule has 38 heavy (non-hydrogen) atoms. The van der Waals surface area contributed by atoms with Crippen molar-refractivity contribution in [1.82, 2.24) is 0 Å². The molecule has 180 valence electrons. The second-order valence-electron chi connectivity index (χ2n) is 9.42. The summed E-state index contributed by atoms with van der Waals surface area (Å²) in [4.78, 5) is 2.40. The third kappa shape index (κ3) is 4.06. The number of hydrogen-bond acceptors (Lipinski definition) is 2. The fraction of sp³-hybridized carbons (Fsp3) is 0. The fourth-order valence-corrected chi connectivity index (χ4v) is 6.40. The van der Waals surface area contributed by atoms with Gasteiger partial charge in [-0.15, -0.1) is 11.3 Å². The Hall–Kier alpha value is -4.66. The number of para-hydroxylation sites is 1. The van der Waals surface area contributed by atoms with Crippen LogP contribution in [0, 0.1) is 0 Å². The van der Waals surface area contributed by atoms with Crippen LogP contribution >= 0.6 is 11.3 Å². The van der Waals surface area contributed by atoms with Crippen LogP contribution in [0.25, 0.3) is 42.4 Å². The van der Waals surface area contributed by atoms with Crippen molar-refractivity contribution in [3.63, 3.8) is 0 Å². The number of rotatable bonds is 5. The van der Waals surface area contributed by atoms with Crippen LogP contribution in [0.4, 0.5) is 17.1 Å². The number of hydrogen-bond donors (Lipinski definition) is 0. The van der Waals surface area contributed by atoms with Crippen LogP contribution in [-0.2, 0) is 0 Å². The van der Waals surface area contributed by atoms with Gasteiger partial charge in [-0.2, -0.15) is 0 Å². The van der Waals surface area contributed by atoms with E-state index in [0.29, 0.717) is 0 Å². The van der Waals surface area contributed by atoms with E-state index in [1.54, 1.807) is 0 Å². The summed E-state index contributed by atoms with van der Waals surface area (Å²) in [5.74, 6) is 0. The van der Waals surface area contributed by atoms with Gasteiger partial charge in [0.15, 0.2) is 0 Å². The Morgan fingerprint density at radius 1 is 0.395 bits per heavy atom. The minimum atomic E-state index is 1.14. The molecule has 0 radical (unpaired) electrons. The van der Waals surface area contributed by atoms with E-state index < -0.39 is 0 Å². The van der Waals surface area contributed by atoms with Gasteiger partial charge in [0.2, 0.25) is 0 Å². The lowest BCUT2D eigenvalue weighted by Crippen LogP contribution is -2.10. The summed E-state index contributed by atoms with van der Waals surface area (Å²) in [5, 5.41) is 2.60. The molecule has 2 heteroatoms. The molecule has 0 saturated carbocycles. The van der Waals surface area contributed by atoms with Crippen molar-refractivity contribution in [1.29, 1.82) is 0 Å². The highest BCUT2D eigenvalue weighted by Gasteiger charge is 2.19. The monoisotopic (exact) mass is 503 g/mol. The molecular weight excluding hydrogens is 478 g/mol. The normalized spacial score (nSPS) is 11.2. The number of fused-ring (bicyclic) bond motifs is 3. The van der Waals surface area contributed by atoms with E-state index in [1.165, 1.54) is 48.1 Å². The van der Waals surface area contributed by atoms with E-state index in [1.807, 2.05) is 11.3 Å². The summed E-state index contributed by atoms with van der Waals surface area (Å²) in [6, 6.07) is 54.3. The topological polar surface area (TPSA) is 3.24 Å². The van der Waals surface area contributed by atoms with Gasteiger partial charge in [-0.1, -0.05) is 109 Å². The van der Waals surface area contributed by atoms with Gasteiger partial charge < -0.3 is 4.90 Å². The lowest BCUT2D eigenvalue weighted by atomic mass is 10.0. The zero-order valence-electron chi connectivity index (χ0n) is 20.8. The molecule has 0 amide bonds. The van der Waals surface area contributed by atoms with Crippen molar-refractivity contribution >= 4 is 48.6 Å². The second-order valence-corrected chi connectivity index (χ2v) is 10.5. The van der Waals surface area contributed by atoms with Gasteiger partial charge in [0.05, 0.1) is 10.4 Å². The molecular formula is C36H25NS. The van der Waals surface area contributed by atoms with Gasteiger partial charge in [0.1, 0.15) is 0 Å². The second kappa shape index (κ2) is 9.66.